The Bertz CT molecular complexity index is 352. The van der Waals surface area contributed by atoms with Gasteiger partial charge in [-0.15, -0.1) is 0 Å². The van der Waals surface area contributed by atoms with Crippen molar-refractivity contribution in [2.45, 2.75) is 71.5 Å². The SMILES string of the molecule is CCC(C)C(C)NCc1ccn(C2CCCC2)n1. The number of hydrogen-bond donors (Lipinski definition) is 1. The van der Waals surface area contributed by atoms with E-state index in [9.17, 15) is 0 Å². The summed E-state index contributed by atoms with van der Waals surface area (Å²) >= 11 is 0. The van der Waals surface area contributed by atoms with E-state index in [1.807, 2.05) is 0 Å². The van der Waals surface area contributed by atoms with Gasteiger partial charge in [0.25, 0.3) is 0 Å². The van der Waals surface area contributed by atoms with Gasteiger partial charge in [-0.2, -0.15) is 5.10 Å². The summed E-state index contributed by atoms with van der Waals surface area (Å²) in [5.41, 5.74) is 1.18. The molecule has 18 heavy (non-hydrogen) atoms. The van der Waals surface area contributed by atoms with E-state index >= 15 is 0 Å². The predicted molar refractivity (Wildman–Crippen MR) is 75.5 cm³/mol. The van der Waals surface area contributed by atoms with Crippen molar-refractivity contribution in [3.8, 4) is 0 Å². The Morgan fingerprint density at radius 2 is 2.11 bits per heavy atom. The molecule has 2 unspecified atom stereocenters. The summed E-state index contributed by atoms with van der Waals surface area (Å²) in [6, 6.07) is 3.38. The number of nitrogens with zero attached hydrogens (tertiary/aromatic N) is 2. The van der Waals surface area contributed by atoms with Crippen molar-refractivity contribution in [2.75, 3.05) is 0 Å². The maximum atomic E-state index is 4.70. The van der Waals surface area contributed by atoms with Crippen molar-refractivity contribution in [3.63, 3.8) is 0 Å². The third-order valence-electron chi connectivity index (χ3n) is 4.47. The fraction of sp³-hybridized carbons (Fsp3) is 0.800. The first-order valence-corrected chi connectivity index (χ1v) is 7.48. The molecule has 1 fully saturated rings. The lowest BCUT2D eigenvalue weighted by Gasteiger charge is -2.19. The minimum absolute atomic E-state index is 0.562. The maximum Gasteiger partial charge on any atom is 0.0762 e. The van der Waals surface area contributed by atoms with Crippen molar-refractivity contribution in [1.82, 2.24) is 15.1 Å². The molecule has 1 saturated carbocycles. The minimum Gasteiger partial charge on any atom is -0.308 e. The van der Waals surface area contributed by atoms with Gasteiger partial charge in [0.2, 0.25) is 0 Å². The quantitative estimate of drug-likeness (QED) is 0.836. The summed E-state index contributed by atoms with van der Waals surface area (Å²) in [7, 11) is 0. The van der Waals surface area contributed by atoms with Crippen LogP contribution in [0.3, 0.4) is 0 Å². The van der Waals surface area contributed by atoms with E-state index in [2.05, 4.69) is 43.0 Å². The highest BCUT2D eigenvalue weighted by Crippen LogP contribution is 2.28. The second-order valence-corrected chi connectivity index (χ2v) is 5.78. The van der Waals surface area contributed by atoms with Crippen LogP contribution in [0.5, 0.6) is 0 Å². The Kier molecular flexibility index (Phi) is 4.81. The molecule has 1 aliphatic carbocycles. The lowest BCUT2D eigenvalue weighted by atomic mass is 10.0. The van der Waals surface area contributed by atoms with Gasteiger partial charge in [0.1, 0.15) is 0 Å². The van der Waals surface area contributed by atoms with E-state index in [4.69, 9.17) is 5.10 Å². The lowest BCUT2D eigenvalue weighted by molar-refractivity contribution is 0.385. The highest BCUT2D eigenvalue weighted by Gasteiger charge is 2.17. The molecule has 102 valence electrons. The van der Waals surface area contributed by atoms with Gasteiger partial charge >= 0.3 is 0 Å². The molecule has 0 aromatic carbocycles. The first-order chi connectivity index (χ1) is 8.70. The van der Waals surface area contributed by atoms with Crippen LogP contribution in [0.25, 0.3) is 0 Å². The molecular weight excluding hydrogens is 222 g/mol. The van der Waals surface area contributed by atoms with E-state index in [1.165, 1.54) is 37.8 Å². The van der Waals surface area contributed by atoms with Gasteiger partial charge in [-0.25, -0.2) is 0 Å². The van der Waals surface area contributed by atoms with Crippen LogP contribution in [0.15, 0.2) is 12.3 Å². The fourth-order valence-corrected chi connectivity index (χ4v) is 2.66. The summed E-state index contributed by atoms with van der Waals surface area (Å²) in [4.78, 5) is 0. The van der Waals surface area contributed by atoms with Crippen molar-refractivity contribution in [3.05, 3.63) is 18.0 Å². The largest absolute Gasteiger partial charge is 0.308 e. The summed E-state index contributed by atoms with van der Waals surface area (Å²) in [5.74, 6) is 0.724. The third kappa shape index (κ3) is 3.35. The first-order valence-electron chi connectivity index (χ1n) is 7.48. The van der Waals surface area contributed by atoms with Crippen LogP contribution >= 0.6 is 0 Å². The van der Waals surface area contributed by atoms with E-state index in [1.54, 1.807) is 0 Å². The molecule has 0 aliphatic heterocycles. The highest BCUT2D eigenvalue weighted by atomic mass is 15.3. The Morgan fingerprint density at radius 1 is 1.39 bits per heavy atom. The molecule has 0 spiro atoms. The normalized spacial score (nSPS) is 20.2. The lowest BCUT2D eigenvalue weighted by Crippen LogP contribution is -2.31. The smallest absolute Gasteiger partial charge is 0.0762 e. The molecular formula is C15H27N3. The Balaban J connectivity index is 1.83. The van der Waals surface area contributed by atoms with E-state index in [0.717, 1.165) is 12.5 Å². The summed E-state index contributed by atoms with van der Waals surface area (Å²) in [6.45, 7) is 7.71. The summed E-state index contributed by atoms with van der Waals surface area (Å²) in [6.07, 6.45) is 8.72. The second-order valence-electron chi connectivity index (χ2n) is 5.78. The standard InChI is InChI=1S/C15H27N3/c1-4-12(2)13(3)16-11-14-9-10-18(17-14)15-7-5-6-8-15/h9-10,12-13,15-16H,4-8,11H2,1-3H3. The molecule has 1 aromatic heterocycles. The molecule has 2 rings (SSSR count). The Morgan fingerprint density at radius 3 is 2.78 bits per heavy atom. The molecule has 1 heterocycles. The zero-order chi connectivity index (χ0) is 13.0. The first kappa shape index (κ1) is 13.6. The van der Waals surface area contributed by atoms with Gasteiger partial charge in [0.05, 0.1) is 11.7 Å². The van der Waals surface area contributed by atoms with Crippen LogP contribution in [0.1, 0.15) is 64.6 Å². The molecule has 1 N–H and O–H groups in total. The highest BCUT2D eigenvalue weighted by molar-refractivity contribution is 5.00. The van der Waals surface area contributed by atoms with Crippen LogP contribution in [-0.4, -0.2) is 15.8 Å². The number of aromatic nitrogens is 2. The molecule has 0 amide bonds. The molecule has 2 atom stereocenters. The number of hydrogen-bond acceptors (Lipinski definition) is 2. The van der Waals surface area contributed by atoms with Gasteiger partial charge in [-0.3, -0.25) is 4.68 Å². The van der Waals surface area contributed by atoms with Crippen LogP contribution in [0, 0.1) is 5.92 Å². The third-order valence-corrected chi connectivity index (χ3v) is 4.47. The average Bonchev–Trinajstić information content (AvgIpc) is 3.04. The Labute approximate surface area is 111 Å². The average molecular weight is 249 g/mol. The van der Waals surface area contributed by atoms with E-state index in [0.29, 0.717) is 12.1 Å². The topological polar surface area (TPSA) is 29.9 Å². The summed E-state index contributed by atoms with van der Waals surface area (Å²) in [5, 5.41) is 8.28. The van der Waals surface area contributed by atoms with Crippen molar-refractivity contribution in [1.29, 1.82) is 0 Å². The monoisotopic (exact) mass is 249 g/mol. The molecule has 0 radical (unpaired) electrons. The van der Waals surface area contributed by atoms with Gasteiger partial charge < -0.3 is 5.32 Å². The fourth-order valence-electron chi connectivity index (χ4n) is 2.66. The van der Waals surface area contributed by atoms with E-state index in [-0.39, 0.29) is 0 Å². The van der Waals surface area contributed by atoms with Crippen molar-refractivity contribution in [2.24, 2.45) is 5.92 Å². The van der Waals surface area contributed by atoms with Crippen LogP contribution in [-0.2, 0) is 6.54 Å². The molecule has 1 aromatic rings. The minimum atomic E-state index is 0.562. The molecule has 3 nitrogen and oxygen atoms in total. The molecule has 0 saturated heterocycles. The van der Waals surface area contributed by atoms with Gasteiger partial charge in [-0.1, -0.05) is 33.1 Å². The second kappa shape index (κ2) is 6.37. The van der Waals surface area contributed by atoms with Crippen LogP contribution in [0.4, 0.5) is 0 Å². The summed E-state index contributed by atoms with van der Waals surface area (Å²) < 4.78 is 2.18. The zero-order valence-corrected chi connectivity index (χ0v) is 12.0. The van der Waals surface area contributed by atoms with Crippen LogP contribution < -0.4 is 5.32 Å². The van der Waals surface area contributed by atoms with Gasteiger partial charge in [-0.05, 0) is 31.7 Å². The van der Waals surface area contributed by atoms with E-state index < -0.39 is 0 Å². The number of nitrogens with one attached hydrogen (secondary N) is 1. The zero-order valence-electron chi connectivity index (χ0n) is 12.0. The Hall–Kier alpha value is -0.830. The van der Waals surface area contributed by atoms with Gasteiger partial charge in [0.15, 0.2) is 0 Å². The van der Waals surface area contributed by atoms with Crippen molar-refractivity contribution < 1.29 is 0 Å². The van der Waals surface area contributed by atoms with Crippen LogP contribution in [0.2, 0.25) is 0 Å². The molecule has 1 aliphatic rings. The molecule has 3 heteroatoms. The van der Waals surface area contributed by atoms with Gasteiger partial charge in [0, 0.05) is 18.8 Å². The molecule has 0 bridgehead atoms. The maximum absolute atomic E-state index is 4.70. The van der Waals surface area contributed by atoms with Crippen molar-refractivity contribution >= 4 is 0 Å². The predicted octanol–water partition coefficient (Wildman–Crippen LogP) is 3.52. The number of rotatable bonds is 6.